The molecule has 1 fully saturated rings. The molecule has 0 aromatic carbocycles. The molecule has 1 aliphatic rings. The van der Waals surface area contributed by atoms with E-state index < -0.39 is 5.09 Å². The van der Waals surface area contributed by atoms with E-state index in [0.717, 1.165) is 44.4 Å². The van der Waals surface area contributed by atoms with E-state index >= 15 is 0 Å². The third kappa shape index (κ3) is 21.7. The third-order valence-corrected chi connectivity index (χ3v) is 5.88. The average Bonchev–Trinajstić information content (AvgIpc) is 3.30. The second kappa shape index (κ2) is 21.9. The summed E-state index contributed by atoms with van der Waals surface area (Å²) in [6.45, 7) is 5.83. The van der Waals surface area contributed by atoms with E-state index in [4.69, 9.17) is 0 Å². The highest BCUT2D eigenvalue weighted by atomic mass is 16.9. The molecule has 33 heavy (non-hydrogen) atoms. The van der Waals surface area contributed by atoms with Crippen molar-refractivity contribution in [2.45, 2.75) is 130 Å². The highest BCUT2D eigenvalue weighted by molar-refractivity contribution is 5.78. The van der Waals surface area contributed by atoms with Crippen LogP contribution in [0.1, 0.15) is 124 Å². The largest absolute Gasteiger partial charge is 0.352 e. The lowest BCUT2D eigenvalue weighted by atomic mass is 9.98. The van der Waals surface area contributed by atoms with Gasteiger partial charge in [0.1, 0.15) is 12.4 Å². The lowest BCUT2D eigenvalue weighted by Crippen LogP contribution is -2.36. The molecule has 0 aliphatic heterocycles. The molecular formula is C26H48N2O5. The number of ketones is 1. The third-order valence-electron chi connectivity index (χ3n) is 5.88. The van der Waals surface area contributed by atoms with Crippen LogP contribution in [0.15, 0.2) is 12.2 Å². The Morgan fingerprint density at radius 1 is 1.03 bits per heavy atom. The zero-order valence-corrected chi connectivity index (χ0v) is 21.3. The monoisotopic (exact) mass is 468 g/mol. The van der Waals surface area contributed by atoms with Crippen LogP contribution in [0.4, 0.5) is 0 Å². The maximum absolute atomic E-state index is 11.6. The van der Waals surface area contributed by atoms with Gasteiger partial charge in [-0.3, -0.25) is 9.59 Å². The standard InChI is InChI=1S/C15H28O.C11H20N2O4/c1-2-3-4-5-6-11-15(16)13-12-14-9-7-8-10-14;1-3-4-5-6-7-8-11(14)12-10(2)9-17-13(15)16/h14H,2-13H2,1H3;4-5,10H,3,6-9H2,1-2H3,(H,12,14)/b;5-4-. The molecule has 1 amide bonds. The molecule has 0 saturated heterocycles. The van der Waals surface area contributed by atoms with E-state index in [1.165, 1.54) is 57.8 Å². The van der Waals surface area contributed by atoms with Crippen molar-refractivity contribution >= 4 is 11.7 Å². The zero-order chi connectivity index (χ0) is 24.7. The van der Waals surface area contributed by atoms with Gasteiger partial charge in [0.05, 0.1) is 0 Å². The van der Waals surface area contributed by atoms with Crippen molar-refractivity contribution in [2.24, 2.45) is 5.92 Å². The summed E-state index contributed by atoms with van der Waals surface area (Å²) in [7, 11) is 0. The molecule has 7 nitrogen and oxygen atoms in total. The Morgan fingerprint density at radius 2 is 1.73 bits per heavy atom. The molecule has 0 aromatic heterocycles. The van der Waals surface area contributed by atoms with E-state index in [0.29, 0.717) is 12.2 Å². The number of Topliss-reactive ketones (excluding diaryl/α,β-unsaturated/α-hetero) is 1. The van der Waals surface area contributed by atoms with Crippen LogP contribution >= 0.6 is 0 Å². The van der Waals surface area contributed by atoms with Gasteiger partial charge in [0.15, 0.2) is 0 Å². The van der Waals surface area contributed by atoms with Crippen molar-refractivity contribution in [3.05, 3.63) is 22.3 Å². The smallest absolute Gasteiger partial charge is 0.294 e. The molecular weight excluding hydrogens is 420 g/mol. The van der Waals surface area contributed by atoms with Crippen LogP contribution < -0.4 is 5.32 Å². The molecule has 1 atom stereocenters. The van der Waals surface area contributed by atoms with E-state index in [1.54, 1.807) is 6.92 Å². The van der Waals surface area contributed by atoms with Crippen LogP contribution in [0.25, 0.3) is 0 Å². The summed E-state index contributed by atoms with van der Waals surface area (Å²) >= 11 is 0. The number of allylic oxidation sites excluding steroid dienone is 2. The fourth-order valence-electron chi connectivity index (χ4n) is 3.94. The first kappa shape index (κ1) is 31.1. The van der Waals surface area contributed by atoms with Gasteiger partial charge in [0.25, 0.3) is 5.09 Å². The number of hydrogen-bond acceptors (Lipinski definition) is 5. The van der Waals surface area contributed by atoms with Gasteiger partial charge in [-0.05, 0) is 44.9 Å². The van der Waals surface area contributed by atoms with Crippen molar-refractivity contribution < 1.29 is 19.5 Å². The van der Waals surface area contributed by atoms with Crippen molar-refractivity contribution in [1.29, 1.82) is 0 Å². The minimum atomic E-state index is -0.863. The molecule has 0 radical (unpaired) electrons. The molecule has 0 heterocycles. The van der Waals surface area contributed by atoms with Gasteiger partial charge in [0.2, 0.25) is 5.91 Å². The van der Waals surface area contributed by atoms with Crippen LogP contribution in [-0.2, 0) is 14.4 Å². The molecule has 0 spiro atoms. The quantitative estimate of drug-likeness (QED) is 0.104. The molecule has 7 heteroatoms. The Bertz CT molecular complexity index is 545. The average molecular weight is 469 g/mol. The Balaban J connectivity index is 0.000000621. The van der Waals surface area contributed by atoms with Gasteiger partial charge in [-0.25, -0.2) is 0 Å². The first-order chi connectivity index (χ1) is 15.9. The predicted octanol–water partition coefficient (Wildman–Crippen LogP) is 6.72. The molecule has 1 rings (SSSR count). The summed E-state index contributed by atoms with van der Waals surface area (Å²) in [5, 5.41) is 11.7. The van der Waals surface area contributed by atoms with E-state index in [-0.39, 0.29) is 18.6 Å². The van der Waals surface area contributed by atoms with Crippen LogP contribution in [-0.4, -0.2) is 29.4 Å². The van der Waals surface area contributed by atoms with Crippen molar-refractivity contribution in [3.63, 3.8) is 0 Å². The maximum Gasteiger partial charge on any atom is 0.294 e. The lowest BCUT2D eigenvalue weighted by molar-refractivity contribution is -0.758. The number of unbranched alkanes of at least 4 members (excludes halogenated alkanes) is 5. The van der Waals surface area contributed by atoms with Crippen LogP contribution in [0.2, 0.25) is 0 Å². The number of carbonyl (C=O) groups excluding carboxylic acids is 2. The van der Waals surface area contributed by atoms with Crippen molar-refractivity contribution in [2.75, 3.05) is 6.61 Å². The second-order valence-corrected chi connectivity index (χ2v) is 9.15. The van der Waals surface area contributed by atoms with Crippen molar-refractivity contribution in [3.8, 4) is 0 Å². The van der Waals surface area contributed by atoms with Gasteiger partial charge >= 0.3 is 0 Å². The Hall–Kier alpha value is -1.92. The first-order valence-electron chi connectivity index (χ1n) is 13.1. The van der Waals surface area contributed by atoms with Gasteiger partial charge in [-0.2, -0.15) is 0 Å². The Morgan fingerprint density at radius 3 is 2.36 bits per heavy atom. The van der Waals surface area contributed by atoms with Gasteiger partial charge in [-0.15, -0.1) is 10.1 Å². The summed E-state index contributed by atoms with van der Waals surface area (Å²) in [6, 6.07) is -0.348. The van der Waals surface area contributed by atoms with Gasteiger partial charge < -0.3 is 10.2 Å². The van der Waals surface area contributed by atoms with Gasteiger partial charge in [0, 0.05) is 25.3 Å². The number of nitrogens with zero attached hydrogens (tertiary/aromatic N) is 1. The van der Waals surface area contributed by atoms with Crippen molar-refractivity contribution in [1.82, 2.24) is 5.32 Å². The molecule has 0 bridgehead atoms. The molecule has 1 saturated carbocycles. The number of amides is 1. The zero-order valence-electron chi connectivity index (χ0n) is 21.3. The number of nitrogens with one attached hydrogen (secondary N) is 1. The van der Waals surface area contributed by atoms with Crippen LogP contribution in [0.3, 0.4) is 0 Å². The van der Waals surface area contributed by atoms with E-state index in [1.807, 2.05) is 6.08 Å². The molecule has 192 valence electrons. The topological polar surface area (TPSA) is 98.5 Å². The normalized spacial score (nSPS) is 14.5. The van der Waals surface area contributed by atoms with Crippen LogP contribution in [0.5, 0.6) is 0 Å². The molecule has 0 aromatic rings. The van der Waals surface area contributed by atoms with Gasteiger partial charge in [-0.1, -0.05) is 77.4 Å². The second-order valence-electron chi connectivity index (χ2n) is 9.15. The highest BCUT2D eigenvalue weighted by Crippen LogP contribution is 2.28. The fraction of sp³-hybridized carbons (Fsp3) is 0.846. The summed E-state index contributed by atoms with van der Waals surface area (Å²) < 4.78 is 0. The molecule has 1 unspecified atom stereocenters. The van der Waals surface area contributed by atoms with Crippen LogP contribution in [0, 0.1) is 16.0 Å². The summed E-state index contributed by atoms with van der Waals surface area (Å²) in [5.74, 6) is 1.29. The summed E-state index contributed by atoms with van der Waals surface area (Å²) in [6.07, 6.45) is 21.9. The first-order valence-corrected chi connectivity index (χ1v) is 13.1. The number of rotatable bonds is 18. The highest BCUT2D eigenvalue weighted by Gasteiger charge is 2.15. The molecule has 1 N–H and O–H groups in total. The number of carbonyl (C=O) groups is 2. The van der Waals surface area contributed by atoms with E-state index in [2.05, 4.69) is 30.1 Å². The number of hydrogen-bond donors (Lipinski definition) is 1. The minimum absolute atomic E-state index is 0.102. The van der Waals surface area contributed by atoms with E-state index in [9.17, 15) is 19.7 Å². The summed E-state index contributed by atoms with van der Waals surface area (Å²) in [5.41, 5.74) is 0. The summed E-state index contributed by atoms with van der Waals surface area (Å²) in [4.78, 5) is 37.1. The molecule has 1 aliphatic carbocycles. The Labute approximate surface area is 201 Å². The maximum atomic E-state index is 11.6. The minimum Gasteiger partial charge on any atom is -0.352 e. The Kier molecular flexibility index (Phi) is 20.6. The lowest BCUT2D eigenvalue weighted by Gasteiger charge is -2.11. The SMILES string of the molecule is CC/C=C\CCCC(=O)NC(C)CO[N+](=O)[O-].CCCCCCCC(=O)CCC1CCCC1. The fourth-order valence-corrected chi connectivity index (χ4v) is 3.94. The predicted molar refractivity (Wildman–Crippen MR) is 133 cm³/mol.